The minimum absolute atomic E-state index is 0.597. The predicted octanol–water partition coefficient (Wildman–Crippen LogP) is 9.48. The summed E-state index contributed by atoms with van der Waals surface area (Å²) in [7, 11) is 0. The van der Waals surface area contributed by atoms with E-state index in [1.165, 1.54) is 0 Å². The first kappa shape index (κ1) is 28.2. The molecule has 5 aromatic carbocycles. The number of pyridine rings is 2. The smallest absolute Gasteiger partial charge is 0.140 e. The van der Waals surface area contributed by atoms with Gasteiger partial charge in [0.25, 0.3) is 0 Å². The summed E-state index contributed by atoms with van der Waals surface area (Å²) in [5, 5.41) is 21.5. The molecule has 0 saturated heterocycles. The van der Waals surface area contributed by atoms with Gasteiger partial charge in [0.05, 0.1) is 51.1 Å². The highest BCUT2D eigenvalue weighted by Gasteiger charge is 2.46. The lowest BCUT2D eigenvalue weighted by Crippen LogP contribution is -2.38. The van der Waals surface area contributed by atoms with E-state index in [0.717, 1.165) is 67.1 Å². The van der Waals surface area contributed by atoms with Crippen molar-refractivity contribution in [3.63, 3.8) is 0 Å². The molecule has 1 aliphatic heterocycles. The van der Waals surface area contributed by atoms with E-state index in [4.69, 9.17) is 4.98 Å². The largest absolute Gasteiger partial charge is 0.294 e. The van der Waals surface area contributed by atoms with E-state index in [1.54, 1.807) is 0 Å². The number of anilines is 3. The van der Waals surface area contributed by atoms with Crippen LogP contribution >= 0.6 is 0 Å². The number of benzene rings is 5. The van der Waals surface area contributed by atoms with Crippen molar-refractivity contribution in [2.24, 2.45) is 0 Å². The van der Waals surface area contributed by atoms with Gasteiger partial charge in [0.15, 0.2) is 0 Å². The Bertz CT molecular complexity index is 2480. The third-order valence-corrected chi connectivity index (χ3v) is 9.64. The van der Waals surface area contributed by atoms with Crippen molar-refractivity contribution in [2.75, 3.05) is 4.90 Å². The summed E-state index contributed by atoms with van der Waals surface area (Å²) in [5.41, 5.74) is 8.72. The van der Waals surface area contributed by atoms with Gasteiger partial charge in [0.1, 0.15) is 11.6 Å². The van der Waals surface area contributed by atoms with Crippen LogP contribution in [0.2, 0.25) is 0 Å². The number of nitriles is 2. The molecule has 0 spiro atoms. The van der Waals surface area contributed by atoms with Crippen LogP contribution in [0.4, 0.5) is 17.2 Å². The van der Waals surface area contributed by atoms with Crippen LogP contribution in [0, 0.1) is 22.7 Å². The van der Waals surface area contributed by atoms with Crippen molar-refractivity contribution in [1.29, 1.82) is 10.5 Å². The van der Waals surface area contributed by atoms with Gasteiger partial charge in [-0.05, 0) is 82.9 Å². The quantitative estimate of drug-likeness (QED) is 0.194. The molecule has 0 amide bonds. The Balaban J connectivity index is 1.32. The fourth-order valence-electron chi connectivity index (χ4n) is 7.60. The molecule has 0 bridgehead atoms. The maximum atomic E-state index is 9.66. The second-order valence-corrected chi connectivity index (χ2v) is 12.1. The minimum Gasteiger partial charge on any atom is -0.294 e. The zero-order valence-corrected chi connectivity index (χ0v) is 26.2. The fourth-order valence-corrected chi connectivity index (χ4v) is 7.60. The van der Waals surface area contributed by atoms with Gasteiger partial charge >= 0.3 is 0 Å². The first-order valence-electron chi connectivity index (χ1n) is 16.0. The molecule has 0 unspecified atom stereocenters. The molecule has 6 nitrogen and oxygen atoms in total. The van der Waals surface area contributed by atoms with Crippen molar-refractivity contribution >= 4 is 39.0 Å². The Morgan fingerprint density at radius 2 is 1.06 bits per heavy atom. The highest BCUT2D eigenvalue weighted by molar-refractivity contribution is 6.08. The molecule has 4 heterocycles. The lowest BCUT2D eigenvalue weighted by atomic mass is 9.62. The van der Waals surface area contributed by atoms with Gasteiger partial charge in [-0.15, -0.1) is 0 Å². The van der Waals surface area contributed by atoms with E-state index in [0.29, 0.717) is 11.1 Å². The number of rotatable bonds is 4. The SMILES string of the molecule is N#Cc1ccc(C2(c3ccc(C#N)cc3)c3ccccc3N(c3cccc(-n4c5ccccc5c5cnccc54)n3)c3ccccc32)cc1. The number of fused-ring (bicyclic) bond motifs is 5. The van der Waals surface area contributed by atoms with Crippen molar-refractivity contribution < 1.29 is 0 Å². The van der Waals surface area contributed by atoms with E-state index in [9.17, 15) is 10.5 Å². The van der Waals surface area contributed by atoms with Crippen molar-refractivity contribution in [3.8, 4) is 18.0 Å². The van der Waals surface area contributed by atoms with Crippen molar-refractivity contribution in [1.82, 2.24) is 14.5 Å². The summed E-state index contributed by atoms with van der Waals surface area (Å²) in [6.45, 7) is 0. The van der Waals surface area contributed by atoms with Crippen LogP contribution in [0.1, 0.15) is 33.4 Å². The first-order valence-corrected chi connectivity index (χ1v) is 16.0. The number of hydrogen-bond acceptors (Lipinski definition) is 5. The second-order valence-electron chi connectivity index (χ2n) is 12.1. The zero-order valence-electron chi connectivity index (χ0n) is 26.2. The van der Waals surface area contributed by atoms with Gasteiger partial charge in [-0.3, -0.25) is 14.5 Å². The molecule has 6 heteroatoms. The number of nitrogens with zero attached hydrogens (tertiary/aromatic N) is 6. The molecule has 228 valence electrons. The Kier molecular flexibility index (Phi) is 6.37. The third-order valence-electron chi connectivity index (χ3n) is 9.64. The lowest BCUT2D eigenvalue weighted by Gasteiger charge is -2.46. The Morgan fingerprint density at radius 1 is 0.510 bits per heavy atom. The van der Waals surface area contributed by atoms with Crippen LogP contribution in [0.15, 0.2) is 158 Å². The molecule has 0 aliphatic carbocycles. The first-order chi connectivity index (χ1) is 24.2. The van der Waals surface area contributed by atoms with Gasteiger partial charge in [-0.1, -0.05) is 84.9 Å². The number of aromatic nitrogens is 3. The molecule has 0 N–H and O–H groups in total. The number of hydrogen-bond donors (Lipinski definition) is 0. The van der Waals surface area contributed by atoms with E-state index < -0.39 is 5.41 Å². The molecule has 0 atom stereocenters. The Hall–Kier alpha value is -7.02. The normalized spacial score (nSPS) is 13.0. The van der Waals surface area contributed by atoms with Crippen LogP contribution in [-0.4, -0.2) is 14.5 Å². The van der Waals surface area contributed by atoms with Gasteiger partial charge in [0.2, 0.25) is 0 Å². The average Bonchev–Trinajstić information content (AvgIpc) is 3.51. The third kappa shape index (κ3) is 4.12. The Morgan fingerprint density at radius 3 is 1.69 bits per heavy atom. The van der Waals surface area contributed by atoms with E-state index in [2.05, 4.69) is 142 Å². The van der Waals surface area contributed by atoms with E-state index in [-0.39, 0.29) is 0 Å². The van der Waals surface area contributed by atoms with Crippen molar-refractivity contribution in [3.05, 3.63) is 191 Å². The highest BCUT2D eigenvalue weighted by atomic mass is 15.2. The van der Waals surface area contributed by atoms with Crippen molar-refractivity contribution in [2.45, 2.75) is 5.41 Å². The summed E-state index contributed by atoms with van der Waals surface area (Å²) < 4.78 is 2.20. The van der Waals surface area contributed by atoms with Gasteiger partial charge in [-0.25, -0.2) is 4.98 Å². The number of para-hydroxylation sites is 3. The molecule has 8 aromatic rings. The van der Waals surface area contributed by atoms with Crippen LogP contribution in [0.25, 0.3) is 27.6 Å². The highest BCUT2D eigenvalue weighted by Crippen LogP contribution is 2.57. The molecule has 0 radical (unpaired) electrons. The lowest BCUT2D eigenvalue weighted by molar-refractivity contribution is 0.729. The standard InChI is InChI=1S/C43H26N6/c44-26-29-16-20-31(21-17-29)43(32-22-18-30(27-45)19-23-32)35-9-2-5-12-39(35)49(40-13-6-3-10-36(40)43)42-15-7-14-41(47-42)48-37-11-4-1-8-33(37)34-28-46-25-24-38(34)48/h1-25,28H. The summed E-state index contributed by atoms with van der Waals surface area (Å²) in [4.78, 5) is 12.0. The molecular formula is C43H26N6. The average molecular weight is 627 g/mol. The maximum absolute atomic E-state index is 9.66. The summed E-state index contributed by atoms with van der Waals surface area (Å²) in [6, 6.07) is 53.8. The molecule has 0 fully saturated rings. The summed E-state index contributed by atoms with van der Waals surface area (Å²) in [5.74, 6) is 1.59. The predicted molar refractivity (Wildman–Crippen MR) is 192 cm³/mol. The molecule has 3 aromatic heterocycles. The molecule has 1 aliphatic rings. The monoisotopic (exact) mass is 626 g/mol. The van der Waals surface area contributed by atoms with Gasteiger partial charge in [0, 0.05) is 23.2 Å². The second kappa shape index (κ2) is 11.1. The van der Waals surface area contributed by atoms with Crippen LogP contribution in [0.5, 0.6) is 0 Å². The molecule has 49 heavy (non-hydrogen) atoms. The topological polar surface area (TPSA) is 81.5 Å². The van der Waals surface area contributed by atoms with Crippen LogP contribution in [-0.2, 0) is 5.41 Å². The zero-order chi connectivity index (χ0) is 33.0. The van der Waals surface area contributed by atoms with Gasteiger partial charge in [-0.2, -0.15) is 10.5 Å². The minimum atomic E-state index is -0.747. The van der Waals surface area contributed by atoms with E-state index >= 15 is 0 Å². The molecule has 9 rings (SSSR count). The van der Waals surface area contributed by atoms with E-state index in [1.807, 2.05) is 42.7 Å². The Labute approximate surface area is 283 Å². The van der Waals surface area contributed by atoms with Crippen LogP contribution < -0.4 is 4.90 Å². The summed E-state index contributed by atoms with van der Waals surface area (Å²) in [6.07, 6.45) is 3.74. The summed E-state index contributed by atoms with van der Waals surface area (Å²) >= 11 is 0. The molecule has 0 saturated carbocycles. The van der Waals surface area contributed by atoms with Crippen LogP contribution in [0.3, 0.4) is 0 Å². The molecular weight excluding hydrogens is 601 g/mol. The maximum Gasteiger partial charge on any atom is 0.140 e. The fraction of sp³-hybridized carbons (Fsp3) is 0.0233. The van der Waals surface area contributed by atoms with Gasteiger partial charge < -0.3 is 0 Å².